The Hall–Kier alpha value is -2.07. The van der Waals surface area contributed by atoms with Crippen molar-refractivity contribution in [3.8, 4) is 11.6 Å². The maximum Gasteiger partial charge on any atom is 0.416 e. The lowest BCUT2D eigenvalue weighted by atomic mass is 10.2. The van der Waals surface area contributed by atoms with Crippen LogP contribution in [0.2, 0.25) is 10.0 Å². The molecule has 0 aliphatic heterocycles. The first-order chi connectivity index (χ1) is 11.0. The maximum absolute atomic E-state index is 12.7. The average Bonchev–Trinajstić information content (AvgIpc) is 2.79. The molecule has 0 saturated carbocycles. The summed E-state index contributed by atoms with van der Waals surface area (Å²) in [6.07, 6.45) is -3.98. The van der Waals surface area contributed by atoms with E-state index in [9.17, 15) is 26.7 Å². The number of carboxylic acids is 1. The summed E-state index contributed by atoms with van der Waals surface area (Å²) in [6.45, 7) is -3.36. The Morgan fingerprint density at radius 1 is 1.25 bits per heavy atom. The average molecular weight is 391 g/mol. The number of benzene rings is 1. The number of halogens is 7. The summed E-state index contributed by atoms with van der Waals surface area (Å²) in [5.41, 5.74) is -2.21. The first-order valence-electron chi connectivity index (χ1n) is 5.85. The lowest BCUT2D eigenvalue weighted by Crippen LogP contribution is -2.07. The third-order valence-electron chi connectivity index (χ3n) is 2.68. The molecule has 0 fully saturated rings. The molecule has 1 aromatic heterocycles. The minimum atomic E-state index is -4.72. The van der Waals surface area contributed by atoms with Crippen molar-refractivity contribution in [2.75, 3.05) is 0 Å². The number of hydrogen-bond donors (Lipinski definition) is 1. The van der Waals surface area contributed by atoms with Crippen LogP contribution in [0.25, 0.3) is 5.69 Å². The Labute approximate surface area is 140 Å². The fourth-order valence-corrected chi connectivity index (χ4v) is 2.40. The molecule has 0 bridgehead atoms. The molecule has 1 heterocycles. The smallest absolute Gasteiger partial charge is 0.416 e. The Bertz CT molecular complexity index is 768. The van der Waals surface area contributed by atoms with Crippen LogP contribution in [0.5, 0.6) is 5.88 Å². The molecule has 1 aromatic carbocycles. The predicted octanol–water partition coefficient (Wildman–Crippen LogP) is 4.50. The zero-order valence-electron chi connectivity index (χ0n) is 11.1. The van der Waals surface area contributed by atoms with E-state index in [2.05, 4.69) is 9.84 Å². The van der Waals surface area contributed by atoms with E-state index >= 15 is 0 Å². The Morgan fingerprint density at radius 2 is 1.79 bits per heavy atom. The van der Waals surface area contributed by atoms with Gasteiger partial charge in [0.25, 0.3) is 5.88 Å². The minimum absolute atomic E-state index is 0.321. The first kappa shape index (κ1) is 18.3. The van der Waals surface area contributed by atoms with Gasteiger partial charge in [0.1, 0.15) is 11.3 Å². The topological polar surface area (TPSA) is 64.3 Å². The summed E-state index contributed by atoms with van der Waals surface area (Å²) in [5.74, 6) is -2.58. The first-order valence-corrected chi connectivity index (χ1v) is 6.60. The van der Waals surface area contributed by atoms with Crippen LogP contribution in [-0.2, 0) is 6.18 Å². The lowest BCUT2D eigenvalue weighted by molar-refractivity contribution is -0.137. The number of alkyl halides is 5. The molecule has 0 spiro atoms. The molecular formula is C12H5Cl2F5N2O3. The van der Waals surface area contributed by atoms with E-state index < -0.39 is 45.8 Å². The van der Waals surface area contributed by atoms with Crippen molar-refractivity contribution in [2.24, 2.45) is 0 Å². The third-order valence-corrected chi connectivity index (χ3v) is 3.26. The third kappa shape index (κ3) is 3.70. The number of hydrogen-bond acceptors (Lipinski definition) is 3. The highest BCUT2D eigenvalue weighted by Gasteiger charge is 2.32. The quantitative estimate of drug-likeness (QED) is 0.780. The number of ether oxygens (including phenoxy) is 1. The summed E-state index contributed by atoms with van der Waals surface area (Å²) in [4.78, 5) is 11.0. The fourth-order valence-electron chi connectivity index (χ4n) is 1.74. The number of nitrogens with zero attached hydrogens (tertiary/aromatic N) is 2. The number of carbonyl (C=O) groups is 1. The molecule has 2 rings (SSSR count). The molecule has 0 atom stereocenters. The summed E-state index contributed by atoms with van der Waals surface area (Å²) in [7, 11) is 0. The van der Waals surface area contributed by atoms with Crippen LogP contribution in [-0.4, -0.2) is 27.5 Å². The van der Waals surface area contributed by atoms with Gasteiger partial charge in [0.15, 0.2) is 0 Å². The summed E-state index contributed by atoms with van der Waals surface area (Å²) in [6, 6.07) is 1.08. The largest absolute Gasteiger partial charge is 0.477 e. The van der Waals surface area contributed by atoms with Crippen LogP contribution < -0.4 is 4.74 Å². The van der Waals surface area contributed by atoms with E-state index in [1.54, 1.807) is 0 Å². The predicted molar refractivity (Wildman–Crippen MR) is 72.2 cm³/mol. The molecule has 12 heteroatoms. The highest BCUT2D eigenvalue weighted by Crippen LogP contribution is 2.38. The van der Waals surface area contributed by atoms with Gasteiger partial charge in [0.05, 0.1) is 15.6 Å². The van der Waals surface area contributed by atoms with Gasteiger partial charge >= 0.3 is 18.8 Å². The molecule has 1 N–H and O–H groups in total. The monoisotopic (exact) mass is 390 g/mol. The maximum atomic E-state index is 12.7. The van der Waals surface area contributed by atoms with E-state index in [1.807, 2.05) is 0 Å². The van der Waals surface area contributed by atoms with Gasteiger partial charge < -0.3 is 9.84 Å². The molecule has 0 saturated heterocycles. The van der Waals surface area contributed by atoms with Gasteiger partial charge in [-0.3, -0.25) is 0 Å². The Morgan fingerprint density at radius 3 is 2.21 bits per heavy atom. The van der Waals surface area contributed by atoms with Gasteiger partial charge in [-0.2, -0.15) is 22.0 Å². The van der Waals surface area contributed by atoms with Crippen LogP contribution in [0.15, 0.2) is 18.3 Å². The van der Waals surface area contributed by atoms with Gasteiger partial charge in [0.2, 0.25) is 0 Å². The van der Waals surface area contributed by atoms with Crippen molar-refractivity contribution in [1.82, 2.24) is 9.78 Å². The van der Waals surface area contributed by atoms with Crippen LogP contribution in [0, 0.1) is 0 Å². The molecule has 0 aliphatic rings. The van der Waals surface area contributed by atoms with Gasteiger partial charge in [-0.25, -0.2) is 9.48 Å². The Kier molecular flexibility index (Phi) is 4.90. The van der Waals surface area contributed by atoms with E-state index in [-0.39, 0.29) is 5.69 Å². The molecule has 130 valence electrons. The highest BCUT2D eigenvalue weighted by atomic mass is 35.5. The van der Waals surface area contributed by atoms with Crippen molar-refractivity contribution in [1.29, 1.82) is 0 Å². The molecule has 24 heavy (non-hydrogen) atoms. The van der Waals surface area contributed by atoms with E-state index in [0.29, 0.717) is 16.8 Å². The van der Waals surface area contributed by atoms with Crippen molar-refractivity contribution >= 4 is 29.2 Å². The second-order valence-corrected chi connectivity index (χ2v) is 5.08. The minimum Gasteiger partial charge on any atom is -0.477 e. The molecule has 0 aliphatic carbocycles. The number of aromatic carboxylic acids is 1. The van der Waals surface area contributed by atoms with Crippen LogP contribution >= 0.6 is 23.2 Å². The van der Waals surface area contributed by atoms with E-state index in [1.165, 1.54) is 0 Å². The second kappa shape index (κ2) is 6.44. The SMILES string of the molecule is O=C(O)c1cn(-c2c(Cl)cc(C(F)(F)F)cc2Cl)nc1OC(F)F. The molecule has 5 nitrogen and oxygen atoms in total. The van der Waals surface area contributed by atoms with E-state index in [0.717, 1.165) is 6.20 Å². The number of rotatable bonds is 4. The van der Waals surface area contributed by atoms with Crippen molar-refractivity contribution in [3.63, 3.8) is 0 Å². The zero-order chi connectivity index (χ0) is 18.2. The fraction of sp³-hybridized carbons (Fsp3) is 0.167. The molecule has 0 amide bonds. The van der Waals surface area contributed by atoms with Crippen LogP contribution in [0.4, 0.5) is 22.0 Å². The number of carboxylic acid groups (broad SMARTS) is 1. The van der Waals surface area contributed by atoms with Gasteiger partial charge in [0, 0.05) is 6.20 Å². The van der Waals surface area contributed by atoms with Gasteiger partial charge in [-0.1, -0.05) is 23.2 Å². The second-order valence-electron chi connectivity index (χ2n) is 4.26. The van der Waals surface area contributed by atoms with Gasteiger partial charge in [-0.15, -0.1) is 5.10 Å². The molecule has 2 aromatic rings. The summed E-state index contributed by atoms with van der Waals surface area (Å²) in [5, 5.41) is 11.3. The molecule has 0 radical (unpaired) electrons. The van der Waals surface area contributed by atoms with E-state index in [4.69, 9.17) is 28.3 Å². The zero-order valence-corrected chi connectivity index (χ0v) is 12.6. The number of aromatic nitrogens is 2. The molecular weight excluding hydrogens is 386 g/mol. The standard InChI is InChI=1S/C12H5Cl2F5N2O3/c13-6-1-4(12(17,18)19)2-7(14)8(6)21-3-5(10(22)23)9(20-21)24-11(15)16/h1-3,11H,(H,22,23). The van der Waals surface area contributed by atoms with Crippen LogP contribution in [0.3, 0.4) is 0 Å². The van der Waals surface area contributed by atoms with Crippen LogP contribution in [0.1, 0.15) is 15.9 Å². The van der Waals surface area contributed by atoms with Gasteiger partial charge in [-0.05, 0) is 12.1 Å². The molecule has 0 unspecified atom stereocenters. The summed E-state index contributed by atoms with van der Waals surface area (Å²) >= 11 is 11.5. The van der Waals surface area contributed by atoms with Crippen molar-refractivity contribution in [3.05, 3.63) is 39.5 Å². The normalized spacial score (nSPS) is 11.8. The van der Waals surface area contributed by atoms with Crippen molar-refractivity contribution in [2.45, 2.75) is 12.8 Å². The Balaban J connectivity index is 2.58. The van der Waals surface area contributed by atoms with Crippen molar-refractivity contribution < 1.29 is 36.6 Å². The lowest BCUT2D eigenvalue weighted by Gasteiger charge is -2.12. The highest BCUT2D eigenvalue weighted by molar-refractivity contribution is 6.37. The summed E-state index contributed by atoms with van der Waals surface area (Å²) < 4.78 is 67.2.